The summed E-state index contributed by atoms with van der Waals surface area (Å²) in [6.07, 6.45) is 1.05. The van der Waals surface area contributed by atoms with Gasteiger partial charge in [0.2, 0.25) is 4.73 Å². The van der Waals surface area contributed by atoms with E-state index in [0.717, 1.165) is 11.4 Å². The molecule has 0 saturated carbocycles. The summed E-state index contributed by atoms with van der Waals surface area (Å²) in [5, 5.41) is 3.11. The number of halogens is 1. The maximum Gasteiger partial charge on any atom is 0.209 e. The van der Waals surface area contributed by atoms with Crippen LogP contribution in [0.2, 0.25) is 0 Å². The zero-order valence-electron chi connectivity index (χ0n) is 6.95. The quantitative estimate of drug-likeness (QED) is 0.837. The molecule has 2 aromatic rings. The number of hydrogen-bond acceptors (Lipinski definition) is 4. The van der Waals surface area contributed by atoms with Gasteiger partial charge >= 0.3 is 0 Å². The monoisotopic (exact) mass is 274 g/mol. The highest BCUT2D eigenvalue weighted by molar-refractivity contribution is 9.10. The fourth-order valence-corrected chi connectivity index (χ4v) is 3.29. The van der Waals surface area contributed by atoms with Crippen LogP contribution in [0.25, 0.3) is 9.88 Å². The van der Waals surface area contributed by atoms with Crippen molar-refractivity contribution in [2.75, 3.05) is 0 Å². The molecule has 2 rings (SSSR count). The van der Waals surface area contributed by atoms with Gasteiger partial charge in [0.25, 0.3) is 0 Å². The molecule has 68 valence electrons. The lowest BCUT2D eigenvalue weighted by Crippen LogP contribution is -1.78. The molecule has 0 aliphatic heterocycles. The minimum absolute atomic E-state index is 0.683. The second kappa shape index (κ2) is 3.86. The van der Waals surface area contributed by atoms with Crippen molar-refractivity contribution in [3.63, 3.8) is 0 Å². The maximum absolute atomic E-state index is 4.30. The molecule has 2 aromatic heterocycles. The lowest BCUT2D eigenvalue weighted by atomic mass is 10.2. The normalized spacial score (nSPS) is 10.6. The van der Waals surface area contributed by atoms with Gasteiger partial charge in [-0.2, -0.15) is 4.37 Å². The van der Waals surface area contributed by atoms with Crippen molar-refractivity contribution >= 4 is 38.8 Å². The number of nitrogens with zero attached hydrogens (tertiary/aromatic N) is 2. The average molecular weight is 275 g/mol. The Labute approximate surface area is 92.9 Å². The molecule has 13 heavy (non-hydrogen) atoms. The molecule has 2 heterocycles. The number of aromatic nitrogens is 2. The molecule has 5 heteroatoms. The highest BCUT2D eigenvalue weighted by Crippen LogP contribution is 2.31. The number of hydrogen-bond donors (Lipinski definition) is 0. The molecule has 0 amide bonds. The third-order valence-electron chi connectivity index (χ3n) is 1.72. The van der Waals surface area contributed by atoms with E-state index in [1.807, 2.05) is 0 Å². The van der Waals surface area contributed by atoms with Gasteiger partial charge in [0, 0.05) is 0 Å². The first kappa shape index (κ1) is 9.30. The Kier molecular flexibility index (Phi) is 2.76. The molecule has 0 unspecified atom stereocenters. The summed E-state index contributed by atoms with van der Waals surface area (Å²) in [6, 6.07) is 2.15. The third kappa shape index (κ3) is 1.82. The second-order valence-electron chi connectivity index (χ2n) is 2.50. The summed E-state index contributed by atoms with van der Waals surface area (Å²) in [4.78, 5) is 5.55. The third-order valence-corrected chi connectivity index (χ3v) is 4.14. The van der Waals surface area contributed by atoms with Crippen LogP contribution in [0.1, 0.15) is 12.5 Å². The second-order valence-corrected chi connectivity index (χ2v) is 4.87. The van der Waals surface area contributed by atoms with Gasteiger partial charge in [-0.25, -0.2) is 4.98 Å². The van der Waals surface area contributed by atoms with Crippen LogP contribution >= 0.6 is 38.8 Å². The molecular weight excluding hydrogens is 268 g/mol. The van der Waals surface area contributed by atoms with Crippen molar-refractivity contribution in [1.29, 1.82) is 0 Å². The van der Waals surface area contributed by atoms with Crippen LogP contribution in [0.15, 0.2) is 16.2 Å². The van der Waals surface area contributed by atoms with Gasteiger partial charge in [-0.3, -0.25) is 0 Å². The van der Waals surface area contributed by atoms with Gasteiger partial charge in [-0.15, -0.1) is 11.3 Å². The smallest absolute Gasteiger partial charge is 0.208 e. The Balaban J connectivity index is 2.45. The molecule has 0 aliphatic carbocycles. The molecule has 0 aromatic carbocycles. The molecule has 0 aliphatic rings. The number of rotatable bonds is 2. The van der Waals surface area contributed by atoms with E-state index >= 15 is 0 Å². The Morgan fingerprint density at radius 3 is 3.00 bits per heavy atom. The van der Waals surface area contributed by atoms with E-state index in [1.165, 1.54) is 22.0 Å². The van der Waals surface area contributed by atoms with E-state index in [4.69, 9.17) is 0 Å². The Bertz CT molecular complexity index is 408. The number of thiophene rings is 1. The van der Waals surface area contributed by atoms with Crippen LogP contribution < -0.4 is 0 Å². The lowest BCUT2D eigenvalue weighted by molar-refractivity contribution is 1.15. The van der Waals surface area contributed by atoms with E-state index < -0.39 is 0 Å². The average Bonchev–Trinajstić information content (AvgIpc) is 2.71. The number of aryl methyl sites for hydroxylation is 1. The topological polar surface area (TPSA) is 25.8 Å². The zero-order valence-corrected chi connectivity index (χ0v) is 10.2. The van der Waals surface area contributed by atoms with E-state index in [1.54, 1.807) is 11.3 Å². The molecule has 0 saturated heterocycles. The first-order valence-electron chi connectivity index (χ1n) is 3.87. The van der Waals surface area contributed by atoms with Crippen LogP contribution in [-0.4, -0.2) is 9.36 Å². The molecular formula is C8H7BrN2S2. The lowest BCUT2D eigenvalue weighted by Gasteiger charge is -1.93. The maximum atomic E-state index is 4.30. The minimum Gasteiger partial charge on any atom is -0.208 e. The summed E-state index contributed by atoms with van der Waals surface area (Å²) in [6.45, 7) is 2.15. The van der Waals surface area contributed by atoms with Gasteiger partial charge < -0.3 is 0 Å². The van der Waals surface area contributed by atoms with Gasteiger partial charge in [-0.1, -0.05) is 6.92 Å². The van der Waals surface area contributed by atoms with Crippen LogP contribution in [0, 0.1) is 0 Å². The van der Waals surface area contributed by atoms with Gasteiger partial charge in [0.1, 0.15) is 0 Å². The molecule has 0 atom stereocenters. The van der Waals surface area contributed by atoms with Crippen molar-refractivity contribution in [3.05, 3.63) is 21.7 Å². The largest absolute Gasteiger partial charge is 0.209 e. The predicted octanol–water partition coefficient (Wildman–Crippen LogP) is 3.59. The Morgan fingerprint density at radius 1 is 1.54 bits per heavy atom. The first-order chi connectivity index (χ1) is 6.31. The van der Waals surface area contributed by atoms with Gasteiger partial charge in [0.05, 0.1) is 4.88 Å². The molecule has 0 radical (unpaired) electrons. The van der Waals surface area contributed by atoms with Crippen molar-refractivity contribution in [2.45, 2.75) is 13.3 Å². The predicted molar refractivity (Wildman–Crippen MR) is 60.3 cm³/mol. The van der Waals surface area contributed by atoms with Crippen LogP contribution in [-0.2, 0) is 6.42 Å². The summed E-state index contributed by atoms with van der Waals surface area (Å²) in [7, 11) is 0. The molecule has 0 fully saturated rings. The summed E-state index contributed by atoms with van der Waals surface area (Å²) in [5.74, 6) is 0. The Morgan fingerprint density at radius 2 is 2.38 bits per heavy atom. The van der Waals surface area contributed by atoms with Crippen LogP contribution in [0.4, 0.5) is 0 Å². The van der Waals surface area contributed by atoms with Crippen molar-refractivity contribution in [1.82, 2.24) is 9.36 Å². The zero-order chi connectivity index (χ0) is 9.26. The highest BCUT2D eigenvalue weighted by Gasteiger charge is 2.09. The van der Waals surface area contributed by atoms with Crippen LogP contribution in [0.3, 0.4) is 0 Å². The van der Waals surface area contributed by atoms with Crippen molar-refractivity contribution < 1.29 is 0 Å². The van der Waals surface area contributed by atoms with E-state index in [-0.39, 0.29) is 0 Å². The SMILES string of the molecule is CCc1ccsc1-c1nc(Br)ns1. The molecule has 0 N–H and O–H groups in total. The Hall–Kier alpha value is -0.260. The van der Waals surface area contributed by atoms with Crippen LogP contribution in [0.5, 0.6) is 0 Å². The van der Waals surface area contributed by atoms with E-state index in [2.05, 4.69) is 43.7 Å². The molecule has 2 nitrogen and oxygen atoms in total. The van der Waals surface area contributed by atoms with Gasteiger partial charge in [0.15, 0.2) is 5.01 Å². The van der Waals surface area contributed by atoms with Gasteiger partial charge in [-0.05, 0) is 50.9 Å². The summed E-state index contributed by atoms with van der Waals surface area (Å²) >= 11 is 6.42. The fourth-order valence-electron chi connectivity index (χ4n) is 1.10. The summed E-state index contributed by atoms with van der Waals surface area (Å²) in [5.41, 5.74) is 1.36. The van der Waals surface area contributed by atoms with Crippen molar-refractivity contribution in [2.24, 2.45) is 0 Å². The van der Waals surface area contributed by atoms with Crippen molar-refractivity contribution in [3.8, 4) is 9.88 Å². The minimum atomic E-state index is 0.683. The highest BCUT2D eigenvalue weighted by atomic mass is 79.9. The molecule has 0 spiro atoms. The standard InChI is InChI=1S/C8H7BrN2S2/c1-2-5-3-4-12-6(5)7-10-8(9)11-13-7/h3-4H,2H2,1H3. The summed E-state index contributed by atoms with van der Waals surface area (Å²) < 4.78 is 4.79. The van der Waals surface area contributed by atoms with E-state index in [9.17, 15) is 0 Å². The molecule has 0 bridgehead atoms. The fraction of sp³-hybridized carbons (Fsp3) is 0.250. The van der Waals surface area contributed by atoms with E-state index in [0.29, 0.717) is 4.73 Å². The first-order valence-corrected chi connectivity index (χ1v) is 6.32.